The highest BCUT2D eigenvalue weighted by Crippen LogP contribution is 2.20. The standard InChI is InChI=1S/C19H22N6O2/c1-22-12-20-14(9-18(22)26)11-24-5-7-25(8-6-24)15-3-4-16-17(10-15)21-13-23(2)19(16)27/h3-4,9-10,12-13H,5-8,11H2,1-2H3. The third-order valence-corrected chi connectivity index (χ3v) is 5.06. The number of fused-ring (bicyclic) bond motifs is 1. The molecule has 8 nitrogen and oxygen atoms in total. The van der Waals surface area contributed by atoms with Gasteiger partial charge in [0.15, 0.2) is 0 Å². The number of aryl methyl sites for hydroxylation is 2. The summed E-state index contributed by atoms with van der Waals surface area (Å²) in [6, 6.07) is 7.43. The van der Waals surface area contributed by atoms with E-state index in [4.69, 9.17) is 0 Å². The molecule has 0 N–H and O–H groups in total. The summed E-state index contributed by atoms with van der Waals surface area (Å²) in [4.78, 5) is 37.2. The topological polar surface area (TPSA) is 76.3 Å². The zero-order chi connectivity index (χ0) is 19.0. The van der Waals surface area contributed by atoms with Gasteiger partial charge in [-0.2, -0.15) is 0 Å². The van der Waals surface area contributed by atoms with E-state index in [0.717, 1.165) is 43.1 Å². The van der Waals surface area contributed by atoms with Crippen LogP contribution in [0.25, 0.3) is 10.9 Å². The molecule has 0 spiro atoms. The molecule has 2 aromatic heterocycles. The van der Waals surface area contributed by atoms with Crippen molar-refractivity contribution in [2.75, 3.05) is 31.1 Å². The summed E-state index contributed by atoms with van der Waals surface area (Å²) >= 11 is 0. The van der Waals surface area contributed by atoms with Crippen molar-refractivity contribution >= 4 is 16.6 Å². The maximum absolute atomic E-state index is 12.2. The Kier molecular flexibility index (Phi) is 4.49. The normalized spacial score (nSPS) is 15.4. The average molecular weight is 366 g/mol. The van der Waals surface area contributed by atoms with E-state index in [-0.39, 0.29) is 11.1 Å². The van der Waals surface area contributed by atoms with E-state index >= 15 is 0 Å². The van der Waals surface area contributed by atoms with Gasteiger partial charge in [0.25, 0.3) is 11.1 Å². The summed E-state index contributed by atoms with van der Waals surface area (Å²) in [5.41, 5.74) is 2.54. The molecule has 4 rings (SSSR count). The molecule has 0 atom stereocenters. The molecule has 1 aliphatic heterocycles. The number of piperazine rings is 1. The number of hydrogen-bond acceptors (Lipinski definition) is 6. The lowest BCUT2D eigenvalue weighted by molar-refractivity contribution is 0.246. The molecule has 0 unspecified atom stereocenters. The number of anilines is 1. The molecule has 0 radical (unpaired) electrons. The molecule has 1 saturated heterocycles. The van der Waals surface area contributed by atoms with E-state index in [9.17, 15) is 9.59 Å². The van der Waals surface area contributed by atoms with Crippen LogP contribution in [-0.2, 0) is 20.6 Å². The van der Waals surface area contributed by atoms with Crippen molar-refractivity contribution < 1.29 is 0 Å². The molecule has 0 bridgehead atoms. The Morgan fingerprint density at radius 2 is 1.67 bits per heavy atom. The molecule has 140 valence electrons. The summed E-state index contributed by atoms with van der Waals surface area (Å²) in [6.07, 6.45) is 3.13. The fraction of sp³-hybridized carbons (Fsp3) is 0.368. The highest BCUT2D eigenvalue weighted by Gasteiger charge is 2.18. The first kappa shape index (κ1) is 17.4. The fourth-order valence-electron chi connectivity index (χ4n) is 3.37. The van der Waals surface area contributed by atoms with Crippen molar-refractivity contribution in [3.63, 3.8) is 0 Å². The second-order valence-corrected chi connectivity index (χ2v) is 6.95. The van der Waals surface area contributed by atoms with Crippen LogP contribution in [0, 0.1) is 0 Å². The first-order valence-corrected chi connectivity index (χ1v) is 8.95. The van der Waals surface area contributed by atoms with Crippen LogP contribution in [0.1, 0.15) is 5.69 Å². The Bertz CT molecular complexity index is 1100. The van der Waals surface area contributed by atoms with Crippen molar-refractivity contribution in [1.82, 2.24) is 24.0 Å². The Hall–Kier alpha value is -3.00. The maximum Gasteiger partial charge on any atom is 0.260 e. The van der Waals surface area contributed by atoms with Gasteiger partial charge in [0, 0.05) is 58.6 Å². The van der Waals surface area contributed by atoms with Crippen LogP contribution < -0.4 is 16.0 Å². The highest BCUT2D eigenvalue weighted by atomic mass is 16.1. The van der Waals surface area contributed by atoms with Crippen LogP contribution in [-0.4, -0.2) is 50.2 Å². The van der Waals surface area contributed by atoms with Gasteiger partial charge in [-0.15, -0.1) is 0 Å². The Morgan fingerprint density at radius 1 is 0.926 bits per heavy atom. The van der Waals surface area contributed by atoms with Crippen LogP contribution >= 0.6 is 0 Å². The third kappa shape index (κ3) is 3.48. The molecule has 1 aliphatic rings. The van der Waals surface area contributed by atoms with Crippen LogP contribution in [0.5, 0.6) is 0 Å². The molecule has 0 aliphatic carbocycles. The first-order valence-electron chi connectivity index (χ1n) is 8.95. The largest absolute Gasteiger partial charge is 0.369 e. The van der Waals surface area contributed by atoms with Gasteiger partial charge in [-0.05, 0) is 18.2 Å². The van der Waals surface area contributed by atoms with Crippen molar-refractivity contribution in [3.05, 3.63) is 63.3 Å². The zero-order valence-corrected chi connectivity index (χ0v) is 15.5. The second kappa shape index (κ2) is 6.96. The van der Waals surface area contributed by atoms with Gasteiger partial charge >= 0.3 is 0 Å². The quantitative estimate of drug-likeness (QED) is 0.666. The first-order chi connectivity index (χ1) is 13.0. The number of hydrogen-bond donors (Lipinski definition) is 0. The SMILES string of the molecule is Cn1cnc(CN2CCN(c3ccc4c(=O)n(C)cnc4c3)CC2)cc1=O. The lowest BCUT2D eigenvalue weighted by Gasteiger charge is -2.36. The number of nitrogens with zero attached hydrogens (tertiary/aromatic N) is 6. The van der Waals surface area contributed by atoms with E-state index in [1.54, 1.807) is 32.8 Å². The predicted octanol–water partition coefficient (Wildman–Crippen LogP) is 0.349. The van der Waals surface area contributed by atoms with Crippen molar-refractivity contribution in [3.8, 4) is 0 Å². The molecule has 0 amide bonds. The van der Waals surface area contributed by atoms with E-state index in [0.29, 0.717) is 11.9 Å². The van der Waals surface area contributed by atoms with Gasteiger partial charge in [-0.1, -0.05) is 0 Å². The summed E-state index contributed by atoms with van der Waals surface area (Å²) < 4.78 is 2.97. The molecule has 27 heavy (non-hydrogen) atoms. The molecule has 1 aromatic carbocycles. The Labute approximate surface area is 156 Å². The number of aromatic nitrogens is 4. The van der Waals surface area contributed by atoms with E-state index in [1.807, 2.05) is 18.2 Å². The van der Waals surface area contributed by atoms with Gasteiger partial charge < -0.3 is 14.0 Å². The van der Waals surface area contributed by atoms with E-state index in [2.05, 4.69) is 19.8 Å². The van der Waals surface area contributed by atoms with Crippen LogP contribution in [0.15, 0.2) is 46.5 Å². The van der Waals surface area contributed by atoms with E-state index in [1.165, 1.54) is 9.13 Å². The second-order valence-electron chi connectivity index (χ2n) is 6.95. The van der Waals surface area contributed by atoms with Crippen LogP contribution in [0.2, 0.25) is 0 Å². The van der Waals surface area contributed by atoms with Gasteiger partial charge in [0.05, 0.1) is 29.3 Å². The lowest BCUT2D eigenvalue weighted by Crippen LogP contribution is -2.46. The van der Waals surface area contributed by atoms with Gasteiger partial charge in [0.1, 0.15) is 0 Å². The minimum Gasteiger partial charge on any atom is -0.369 e. The monoisotopic (exact) mass is 366 g/mol. The highest BCUT2D eigenvalue weighted by molar-refractivity contribution is 5.81. The van der Waals surface area contributed by atoms with Gasteiger partial charge in [-0.3, -0.25) is 14.5 Å². The van der Waals surface area contributed by atoms with E-state index < -0.39 is 0 Å². The van der Waals surface area contributed by atoms with Gasteiger partial charge in [-0.25, -0.2) is 9.97 Å². The molecule has 1 fully saturated rings. The molecule has 3 aromatic rings. The average Bonchev–Trinajstić information content (AvgIpc) is 2.68. The van der Waals surface area contributed by atoms with Crippen molar-refractivity contribution in [2.45, 2.75) is 6.54 Å². The fourth-order valence-corrected chi connectivity index (χ4v) is 3.37. The predicted molar refractivity (Wildman–Crippen MR) is 104 cm³/mol. The van der Waals surface area contributed by atoms with Crippen molar-refractivity contribution in [1.29, 1.82) is 0 Å². The summed E-state index contributed by atoms with van der Waals surface area (Å²) in [5.74, 6) is 0. The molecular formula is C19H22N6O2. The Morgan fingerprint density at radius 3 is 2.41 bits per heavy atom. The number of rotatable bonds is 3. The maximum atomic E-state index is 12.2. The number of benzene rings is 1. The van der Waals surface area contributed by atoms with Crippen LogP contribution in [0.3, 0.4) is 0 Å². The molecule has 8 heteroatoms. The minimum absolute atomic E-state index is 0.0297. The molecule has 3 heterocycles. The third-order valence-electron chi connectivity index (χ3n) is 5.06. The molecular weight excluding hydrogens is 344 g/mol. The van der Waals surface area contributed by atoms with Crippen molar-refractivity contribution in [2.24, 2.45) is 14.1 Å². The minimum atomic E-state index is -0.0338. The summed E-state index contributed by atoms with van der Waals surface area (Å²) in [5, 5.41) is 0.638. The summed E-state index contributed by atoms with van der Waals surface area (Å²) in [6.45, 7) is 4.21. The molecule has 0 saturated carbocycles. The summed E-state index contributed by atoms with van der Waals surface area (Å²) in [7, 11) is 3.41. The zero-order valence-electron chi connectivity index (χ0n) is 15.5. The van der Waals surface area contributed by atoms with Crippen LogP contribution in [0.4, 0.5) is 5.69 Å². The van der Waals surface area contributed by atoms with Gasteiger partial charge in [0.2, 0.25) is 0 Å². The Balaban J connectivity index is 1.45. The lowest BCUT2D eigenvalue weighted by atomic mass is 10.2. The smallest absolute Gasteiger partial charge is 0.260 e.